The van der Waals surface area contributed by atoms with Crippen molar-refractivity contribution in [1.29, 1.82) is 0 Å². The van der Waals surface area contributed by atoms with Crippen LogP contribution in [0.1, 0.15) is 5.56 Å². The molecule has 1 aromatic rings. The summed E-state index contributed by atoms with van der Waals surface area (Å²) in [5.74, 6) is 0. The minimum absolute atomic E-state index is 0.771. The molecule has 66 valence electrons. The number of rotatable bonds is 4. The molecule has 0 spiro atoms. The molecule has 0 unspecified atom stereocenters. The molecular formula is C12H12O. The third-order valence-electron chi connectivity index (χ3n) is 1.63. The lowest BCUT2D eigenvalue weighted by Crippen LogP contribution is -1.77. The molecular weight excluding hydrogens is 160 g/mol. The van der Waals surface area contributed by atoms with E-state index in [1.807, 2.05) is 30.4 Å². The van der Waals surface area contributed by atoms with Crippen molar-refractivity contribution in [2.45, 2.75) is 6.42 Å². The second kappa shape index (κ2) is 5.95. The zero-order valence-corrected chi connectivity index (χ0v) is 7.39. The molecule has 1 rings (SSSR count). The maximum absolute atomic E-state index is 9.92. The number of hydrogen-bond donors (Lipinski definition) is 0. The molecule has 0 heterocycles. The van der Waals surface area contributed by atoms with Crippen LogP contribution in [0.15, 0.2) is 54.6 Å². The number of hydrogen-bond acceptors (Lipinski definition) is 1. The molecule has 0 aliphatic rings. The van der Waals surface area contributed by atoms with Crippen LogP contribution in [0.3, 0.4) is 0 Å². The van der Waals surface area contributed by atoms with Gasteiger partial charge < -0.3 is 0 Å². The van der Waals surface area contributed by atoms with Crippen LogP contribution in [-0.4, -0.2) is 6.29 Å². The summed E-state index contributed by atoms with van der Waals surface area (Å²) in [5.41, 5.74) is 1.28. The largest absolute Gasteiger partial charge is 0.299 e. The summed E-state index contributed by atoms with van der Waals surface area (Å²) >= 11 is 0. The van der Waals surface area contributed by atoms with Crippen molar-refractivity contribution in [1.82, 2.24) is 0 Å². The zero-order valence-electron chi connectivity index (χ0n) is 7.39. The Labute approximate surface area is 78.4 Å². The topological polar surface area (TPSA) is 17.1 Å². The van der Waals surface area contributed by atoms with Gasteiger partial charge in [0.1, 0.15) is 6.29 Å². The van der Waals surface area contributed by atoms with Crippen LogP contribution in [0.4, 0.5) is 0 Å². The minimum atomic E-state index is 0.771. The maximum atomic E-state index is 9.92. The third-order valence-corrected chi connectivity index (χ3v) is 1.63. The van der Waals surface area contributed by atoms with Gasteiger partial charge in [0.25, 0.3) is 0 Å². The average Bonchev–Trinajstić information content (AvgIpc) is 2.19. The van der Waals surface area contributed by atoms with Crippen LogP contribution in [0, 0.1) is 0 Å². The molecule has 0 aliphatic heterocycles. The fourth-order valence-electron chi connectivity index (χ4n) is 1.01. The number of carbonyl (C=O) groups excluding carboxylic acids is 1. The maximum Gasteiger partial charge on any atom is 0.142 e. The zero-order chi connectivity index (χ0) is 9.36. The van der Waals surface area contributed by atoms with Gasteiger partial charge in [-0.15, -0.1) is 0 Å². The summed E-state index contributed by atoms with van der Waals surface area (Å²) in [7, 11) is 0. The Balaban J connectivity index is 2.39. The van der Waals surface area contributed by atoms with Gasteiger partial charge in [0, 0.05) is 0 Å². The van der Waals surface area contributed by atoms with Gasteiger partial charge in [-0.2, -0.15) is 0 Å². The molecule has 1 nitrogen and oxygen atoms in total. The Morgan fingerprint density at radius 3 is 2.46 bits per heavy atom. The first kappa shape index (κ1) is 9.46. The summed E-state index contributed by atoms with van der Waals surface area (Å²) < 4.78 is 0. The van der Waals surface area contributed by atoms with Crippen LogP contribution < -0.4 is 0 Å². The lowest BCUT2D eigenvalue weighted by Gasteiger charge is -1.92. The Morgan fingerprint density at radius 2 is 1.77 bits per heavy atom. The predicted molar refractivity (Wildman–Crippen MR) is 54.5 cm³/mol. The highest BCUT2D eigenvalue weighted by Gasteiger charge is 1.83. The van der Waals surface area contributed by atoms with E-state index in [1.165, 1.54) is 11.6 Å². The molecule has 0 amide bonds. The molecule has 0 bridgehead atoms. The normalized spacial score (nSPS) is 11.1. The van der Waals surface area contributed by atoms with E-state index in [0.29, 0.717) is 0 Å². The van der Waals surface area contributed by atoms with Gasteiger partial charge in [0.2, 0.25) is 0 Å². The highest BCUT2D eigenvalue weighted by molar-refractivity contribution is 5.65. The van der Waals surface area contributed by atoms with Gasteiger partial charge in [0.15, 0.2) is 0 Å². The van der Waals surface area contributed by atoms with E-state index in [9.17, 15) is 4.79 Å². The number of benzene rings is 1. The average molecular weight is 172 g/mol. The standard InChI is InChI=1S/C12H12O/c13-11-7-2-1-4-8-12-9-5-3-6-10-12/h1-7,9-11H,8H2/b4-1+,7-2+. The molecule has 1 aromatic carbocycles. The highest BCUT2D eigenvalue weighted by Crippen LogP contribution is 1.99. The van der Waals surface area contributed by atoms with Gasteiger partial charge in [0.05, 0.1) is 0 Å². The van der Waals surface area contributed by atoms with E-state index in [0.717, 1.165) is 12.7 Å². The Kier molecular flexibility index (Phi) is 4.33. The fraction of sp³-hybridized carbons (Fsp3) is 0.0833. The molecule has 0 fully saturated rings. The molecule has 0 N–H and O–H groups in total. The fourth-order valence-corrected chi connectivity index (χ4v) is 1.01. The second-order valence-corrected chi connectivity index (χ2v) is 2.64. The van der Waals surface area contributed by atoms with Gasteiger partial charge in [-0.25, -0.2) is 0 Å². The molecule has 0 saturated heterocycles. The quantitative estimate of drug-likeness (QED) is 0.387. The van der Waals surface area contributed by atoms with E-state index in [1.54, 1.807) is 6.08 Å². The molecule has 0 aromatic heterocycles. The first-order chi connectivity index (χ1) is 6.43. The van der Waals surface area contributed by atoms with E-state index in [-0.39, 0.29) is 0 Å². The summed E-state index contributed by atoms with van der Waals surface area (Å²) in [6, 6.07) is 10.2. The van der Waals surface area contributed by atoms with Crippen LogP contribution in [-0.2, 0) is 11.2 Å². The lowest BCUT2D eigenvalue weighted by molar-refractivity contribution is -0.104. The minimum Gasteiger partial charge on any atom is -0.299 e. The molecule has 13 heavy (non-hydrogen) atoms. The van der Waals surface area contributed by atoms with Crippen molar-refractivity contribution in [3.8, 4) is 0 Å². The predicted octanol–water partition coefficient (Wildman–Crippen LogP) is 2.54. The van der Waals surface area contributed by atoms with Crippen molar-refractivity contribution in [3.05, 3.63) is 60.2 Å². The smallest absolute Gasteiger partial charge is 0.142 e. The Bertz CT molecular complexity index is 296. The second-order valence-electron chi connectivity index (χ2n) is 2.64. The van der Waals surface area contributed by atoms with Crippen LogP contribution >= 0.6 is 0 Å². The first-order valence-electron chi connectivity index (χ1n) is 4.24. The van der Waals surface area contributed by atoms with Crippen molar-refractivity contribution in [2.75, 3.05) is 0 Å². The Hall–Kier alpha value is -1.63. The van der Waals surface area contributed by atoms with Gasteiger partial charge in [-0.3, -0.25) is 4.79 Å². The molecule has 0 atom stereocenters. The number of carbonyl (C=O) groups is 1. The molecule has 0 radical (unpaired) electrons. The number of aldehydes is 1. The SMILES string of the molecule is O=C/C=C/C=C/Cc1ccccc1. The summed E-state index contributed by atoms with van der Waals surface area (Å²) in [6.07, 6.45) is 8.78. The Morgan fingerprint density at radius 1 is 1.00 bits per heavy atom. The monoisotopic (exact) mass is 172 g/mol. The van der Waals surface area contributed by atoms with Crippen LogP contribution in [0.25, 0.3) is 0 Å². The molecule has 1 heteroatoms. The number of allylic oxidation sites excluding steroid dienone is 4. The van der Waals surface area contributed by atoms with Gasteiger partial charge in [-0.05, 0) is 18.1 Å². The van der Waals surface area contributed by atoms with Crippen LogP contribution in [0.5, 0.6) is 0 Å². The van der Waals surface area contributed by atoms with E-state index in [4.69, 9.17) is 0 Å². The third kappa shape index (κ3) is 4.06. The summed E-state index contributed by atoms with van der Waals surface area (Å²) in [4.78, 5) is 9.92. The first-order valence-corrected chi connectivity index (χ1v) is 4.24. The summed E-state index contributed by atoms with van der Waals surface area (Å²) in [6.45, 7) is 0. The van der Waals surface area contributed by atoms with Gasteiger partial charge >= 0.3 is 0 Å². The van der Waals surface area contributed by atoms with E-state index < -0.39 is 0 Å². The lowest BCUT2D eigenvalue weighted by atomic mass is 10.1. The van der Waals surface area contributed by atoms with Crippen molar-refractivity contribution < 1.29 is 4.79 Å². The van der Waals surface area contributed by atoms with Crippen LogP contribution in [0.2, 0.25) is 0 Å². The van der Waals surface area contributed by atoms with E-state index >= 15 is 0 Å². The van der Waals surface area contributed by atoms with E-state index in [2.05, 4.69) is 12.1 Å². The molecule has 0 aliphatic carbocycles. The highest BCUT2D eigenvalue weighted by atomic mass is 16.1. The van der Waals surface area contributed by atoms with Gasteiger partial charge in [-0.1, -0.05) is 48.6 Å². The molecule has 0 saturated carbocycles. The van der Waals surface area contributed by atoms with Crippen molar-refractivity contribution in [2.24, 2.45) is 0 Å². The summed E-state index contributed by atoms with van der Waals surface area (Å²) in [5, 5.41) is 0. The van der Waals surface area contributed by atoms with Crippen molar-refractivity contribution >= 4 is 6.29 Å². The van der Waals surface area contributed by atoms with Crippen molar-refractivity contribution in [3.63, 3.8) is 0 Å².